The SMILES string of the molecule is COCC(O)CN(C)C(=O)NC1CCC(C(=O)O)C1. The largest absolute Gasteiger partial charge is 0.481 e. The summed E-state index contributed by atoms with van der Waals surface area (Å²) in [4.78, 5) is 24.0. The predicted octanol–water partition coefficient (Wildman–Crippen LogP) is -0.112. The average Bonchev–Trinajstić information content (AvgIpc) is 2.77. The van der Waals surface area contributed by atoms with Crippen molar-refractivity contribution in [1.82, 2.24) is 10.2 Å². The van der Waals surface area contributed by atoms with Crippen molar-refractivity contribution < 1.29 is 24.5 Å². The zero-order valence-corrected chi connectivity index (χ0v) is 11.3. The highest BCUT2D eigenvalue weighted by atomic mass is 16.5. The third-order valence-electron chi connectivity index (χ3n) is 3.30. The Morgan fingerprint density at radius 1 is 1.47 bits per heavy atom. The second-order valence-corrected chi connectivity index (χ2v) is 4.98. The van der Waals surface area contributed by atoms with E-state index in [0.717, 1.165) is 0 Å². The average molecular weight is 274 g/mol. The molecule has 0 aromatic heterocycles. The molecule has 3 unspecified atom stereocenters. The summed E-state index contributed by atoms with van der Waals surface area (Å²) in [6.45, 7) is 0.344. The summed E-state index contributed by atoms with van der Waals surface area (Å²) in [5.41, 5.74) is 0. The van der Waals surface area contributed by atoms with Gasteiger partial charge in [-0.05, 0) is 19.3 Å². The molecule has 0 heterocycles. The molecule has 1 fully saturated rings. The Morgan fingerprint density at radius 3 is 2.68 bits per heavy atom. The standard InChI is InChI=1S/C12H22N2O5/c1-14(6-10(15)7-19-2)12(18)13-9-4-3-8(5-9)11(16)17/h8-10,15H,3-7H2,1-2H3,(H,13,18)(H,16,17). The van der Waals surface area contributed by atoms with Crippen molar-refractivity contribution in [2.45, 2.75) is 31.4 Å². The summed E-state index contributed by atoms with van der Waals surface area (Å²) < 4.78 is 4.78. The maximum atomic E-state index is 11.8. The van der Waals surface area contributed by atoms with E-state index in [1.54, 1.807) is 7.05 Å². The number of carbonyl (C=O) groups is 2. The summed E-state index contributed by atoms with van der Waals surface area (Å²) >= 11 is 0. The molecule has 1 aliphatic carbocycles. The predicted molar refractivity (Wildman–Crippen MR) is 67.8 cm³/mol. The minimum atomic E-state index is -0.805. The molecule has 0 saturated heterocycles. The molecule has 1 rings (SSSR count). The van der Waals surface area contributed by atoms with Gasteiger partial charge in [0.25, 0.3) is 0 Å². The number of amides is 2. The highest BCUT2D eigenvalue weighted by Crippen LogP contribution is 2.25. The van der Waals surface area contributed by atoms with E-state index < -0.39 is 12.1 Å². The van der Waals surface area contributed by atoms with E-state index in [-0.39, 0.29) is 31.1 Å². The van der Waals surface area contributed by atoms with E-state index in [2.05, 4.69) is 5.32 Å². The first-order valence-electron chi connectivity index (χ1n) is 6.35. The molecule has 0 aromatic rings. The summed E-state index contributed by atoms with van der Waals surface area (Å²) in [6, 6.07) is -0.401. The monoisotopic (exact) mass is 274 g/mol. The van der Waals surface area contributed by atoms with Crippen LogP contribution in [0.15, 0.2) is 0 Å². The number of nitrogens with one attached hydrogen (secondary N) is 1. The minimum absolute atomic E-state index is 0.101. The fourth-order valence-electron chi connectivity index (χ4n) is 2.27. The van der Waals surface area contributed by atoms with E-state index >= 15 is 0 Å². The van der Waals surface area contributed by atoms with Crippen molar-refractivity contribution in [2.75, 3.05) is 27.3 Å². The highest BCUT2D eigenvalue weighted by molar-refractivity contribution is 5.75. The lowest BCUT2D eigenvalue weighted by Gasteiger charge is -2.23. The maximum absolute atomic E-state index is 11.8. The van der Waals surface area contributed by atoms with Crippen LogP contribution in [0.1, 0.15) is 19.3 Å². The van der Waals surface area contributed by atoms with E-state index in [0.29, 0.717) is 19.3 Å². The molecule has 0 bridgehead atoms. The molecule has 0 aliphatic heterocycles. The van der Waals surface area contributed by atoms with Gasteiger partial charge in [0.15, 0.2) is 0 Å². The summed E-state index contributed by atoms with van der Waals surface area (Å²) in [5.74, 6) is -1.17. The zero-order chi connectivity index (χ0) is 14.4. The van der Waals surface area contributed by atoms with Gasteiger partial charge in [0.2, 0.25) is 0 Å². The number of aliphatic hydroxyl groups excluding tert-OH is 1. The van der Waals surface area contributed by atoms with Gasteiger partial charge in [-0.2, -0.15) is 0 Å². The minimum Gasteiger partial charge on any atom is -0.481 e. The molecule has 2 amide bonds. The number of hydrogen-bond donors (Lipinski definition) is 3. The number of urea groups is 1. The van der Waals surface area contributed by atoms with Crippen LogP contribution in [0.5, 0.6) is 0 Å². The first-order chi connectivity index (χ1) is 8.93. The molecule has 0 spiro atoms. The topological polar surface area (TPSA) is 99.1 Å². The van der Waals surface area contributed by atoms with Crippen molar-refractivity contribution in [2.24, 2.45) is 5.92 Å². The molecule has 7 heteroatoms. The Bertz CT molecular complexity index is 323. The van der Waals surface area contributed by atoms with Gasteiger partial charge in [0.05, 0.1) is 25.2 Å². The van der Waals surface area contributed by atoms with Crippen LogP contribution in [-0.2, 0) is 9.53 Å². The molecule has 19 heavy (non-hydrogen) atoms. The maximum Gasteiger partial charge on any atom is 0.317 e. The summed E-state index contributed by atoms with van der Waals surface area (Å²) in [5, 5.41) is 21.2. The van der Waals surface area contributed by atoms with E-state index in [1.807, 2.05) is 0 Å². The zero-order valence-electron chi connectivity index (χ0n) is 11.3. The Labute approximate surface area is 112 Å². The van der Waals surface area contributed by atoms with E-state index in [1.165, 1.54) is 12.0 Å². The fourth-order valence-corrected chi connectivity index (χ4v) is 2.27. The molecular weight excluding hydrogens is 252 g/mol. The van der Waals surface area contributed by atoms with Crippen LogP contribution in [0.4, 0.5) is 4.79 Å². The number of likely N-dealkylation sites (N-methyl/N-ethyl adjacent to an activating group) is 1. The molecule has 0 aromatic carbocycles. The van der Waals surface area contributed by atoms with Gasteiger partial charge >= 0.3 is 12.0 Å². The summed E-state index contributed by atoms with van der Waals surface area (Å²) in [6.07, 6.45) is 1.01. The Kier molecular flexibility index (Phi) is 6.04. The Balaban J connectivity index is 2.32. The van der Waals surface area contributed by atoms with Crippen molar-refractivity contribution in [3.63, 3.8) is 0 Å². The fraction of sp³-hybridized carbons (Fsp3) is 0.833. The highest BCUT2D eigenvalue weighted by Gasteiger charge is 2.31. The molecule has 3 atom stereocenters. The van der Waals surface area contributed by atoms with Gasteiger partial charge in [-0.15, -0.1) is 0 Å². The second kappa shape index (κ2) is 7.30. The van der Waals surface area contributed by atoms with Crippen molar-refractivity contribution >= 4 is 12.0 Å². The van der Waals surface area contributed by atoms with E-state index in [4.69, 9.17) is 9.84 Å². The molecule has 1 aliphatic rings. The summed E-state index contributed by atoms with van der Waals surface area (Å²) in [7, 11) is 3.06. The van der Waals surface area contributed by atoms with Gasteiger partial charge in [-0.1, -0.05) is 0 Å². The Hall–Kier alpha value is -1.34. The number of carbonyl (C=O) groups excluding carboxylic acids is 1. The van der Waals surface area contributed by atoms with E-state index in [9.17, 15) is 14.7 Å². The number of hydrogen-bond acceptors (Lipinski definition) is 4. The first-order valence-corrected chi connectivity index (χ1v) is 6.35. The van der Waals surface area contributed by atoms with Gasteiger partial charge in [-0.25, -0.2) is 4.79 Å². The second-order valence-electron chi connectivity index (χ2n) is 4.98. The number of carboxylic acids is 1. The molecule has 0 radical (unpaired) electrons. The lowest BCUT2D eigenvalue weighted by molar-refractivity contribution is -0.141. The number of methoxy groups -OCH3 is 1. The van der Waals surface area contributed by atoms with Gasteiger partial charge in [0.1, 0.15) is 0 Å². The van der Waals surface area contributed by atoms with Crippen LogP contribution in [0, 0.1) is 5.92 Å². The Morgan fingerprint density at radius 2 is 2.16 bits per heavy atom. The number of carboxylic acid groups (broad SMARTS) is 1. The van der Waals surface area contributed by atoms with Crippen molar-refractivity contribution in [3.8, 4) is 0 Å². The molecular formula is C12H22N2O5. The number of nitrogens with zero attached hydrogens (tertiary/aromatic N) is 1. The van der Waals surface area contributed by atoms with Crippen LogP contribution in [0.2, 0.25) is 0 Å². The molecule has 7 nitrogen and oxygen atoms in total. The van der Waals surface area contributed by atoms with Crippen molar-refractivity contribution in [1.29, 1.82) is 0 Å². The molecule has 1 saturated carbocycles. The molecule has 3 N–H and O–H groups in total. The van der Waals surface area contributed by atoms with Gasteiger partial charge in [-0.3, -0.25) is 4.79 Å². The van der Waals surface area contributed by atoms with Crippen LogP contribution in [0.3, 0.4) is 0 Å². The van der Waals surface area contributed by atoms with Gasteiger partial charge < -0.3 is 25.2 Å². The van der Waals surface area contributed by atoms with Crippen LogP contribution >= 0.6 is 0 Å². The third-order valence-corrected chi connectivity index (χ3v) is 3.30. The number of rotatable bonds is 6. The van der Waals surface area contributed by atoms with Gasteiger partial charge in [0, 0.05) is 20.2 Å². The number of aliphatic carboxylic acids is 1. The number of ether oxygens (including phenoxy) is 1. The smallest absolute Gasteiger partial charge is 0.317 e. The lowest BCUT2D eigenvalue weighted by Crippen LogP contribution is -2.45. The lowest BCUT2D eigenvalue weighted by atomic mass is 10.1. The quantitative estimate of drug-likeness (QED) is 0.627. The first kappa shape index (κ1) is 15.7. The van der Waals surface area contributed by atoms with Crippen LogP contribution < -0.4 is 5.32 Å². The molecule has 110 valence electrons. The third kappa shape index (κ3) is 5.04. The van der Waals surface area contributed by atoms with Crippen molar-refractivity contribution in [3.05, 3.63) is 0 Å². The van der Waals surface area contributed by atoms with Crippen LogP contribution in [-0.4, -0.2) is 66.6 Å². The number of aliphatic hydroxyl groups is 1. The van der Waals surface area contributed by atoms with Crippen LogP contribution in [0.25, 0.3) is 0 Å². The normalized spacial score (nSPS) is 23.9.